The molecule has 0 radical (unpaired) electrons. The number of nitrogens with two attached hydrogens (primary N) is 1. The molecule has 0 aliphatic carbocycles. The second-order valence-corrected chi connectivity index (χ2v) is 5.05. The molecule has 0 spiro atoms. The third-order valence-corrected chi connectivity index (χ3v) is 3.75. The van der Waals surface area contributed by atoms with Crippen molar-refractivity contribution < 1.29 is 13.4 Å². The molecule has 0 bridgehead atoms. The number of rotatable bonds is 5. The summed E-state index contributed by atoms with van der Waals surface area (Å²) in [7, 11) is 0.260. The molecule has 1 amide bonds. The van der Waals surface area contributed by atoms with Gasteiger partial charge in [0.15, 0.2) is 0 Å². The summed E-state index contributed by atoms with van der Waals surface area (Å²) in [5, 5.41) is 2.49. The number of nitrogen functional groups attached to an aromatic ring is 1. The van der Waals surface area contributed by atoms with Gasteiger partial charge < -0.3 is 11.1 Å². The first-order valence-electron chi connectivity index (χ1n) is 5.18. The standard InChI is InChI=1S/C11H15FN2O2S/c1-14-11(15)3-2-6-17(16)10-5-4-8(12)7-9(10)13/h4-5,7H,2-3,6,13H2,1H3,(H,14,15). The van der Waals surface area contributed by atoms with E-state index in [1.807, 2.05) is 0 Å². The maximum atomic E-state index is 12.8. The number of nitrogens with one attached hydrogen (secondary N) is 1. The van der Waals surface area contributed by atoms with Crippen LogP contribution in [0.5, 0.6) is 0 Å². The zero-order valence-corrected chi connectivity index (χ0v) is 10.3. The minimum atomic E-state index is -1.29. The van der Waals surface area contributed by atoms with Crippen LogP contribution < -0.4 is 11.1 Å². The van der Waals surface area contributed by atoms with E-state index in [-0.39, 0.29) is 11.6 Å². The number of carbonyl (C=O) groups is 1. The van der Waals surface area contributed by atoms with Gasteiger partial charge in [-0.1, -0.05) is 0 Å². The first kappa shape index (κ1) is 13.6. The Morgan fingerprint density at radius 2 is 2.24 bits per heavy atom. The smallest absolute Gasteiger partial charge is 0.219 e. The first-order chi connectivity index (χ1) is 8.04. The molecule has 1 unspecified atom stereocenters. The Hall–Kier alpha value is -1.43. The summed E-state index contributed by atoms with van der Waals surface area (Å²) in [5.74, 6) is -0.203. The molecular weight excluding hydrogens is 243 g/mol. The fourth-order valence-electron chi connectivity index (χ4n) is 1.33. The van der Waals surface area contributed by atoms with Crippen LogP contribution in [0.4, 0.5) is 10.1 Å². The van der Waals surface area contributed by atoms with Gasteiger partial charge in [-0.05, 0) is 24.6 Å². The van der Waals surface area contributed by atoms with Crippen molar-refractivity contribution in [3.05, 3.63) is 24.0 Å². The molecule has 0 saturated heterocycles. The molecule has 0 heterocycles. The number of amides is 1. The molecule has 1 rings (SSSR count). The van der Waals surface area contributed by atoms with Crippen LogP contribution in [0.15, 0.2) is 23.1 Å². The van der Waals surface area contributed by atoms with Crippen molar-refractivity contribution in [1.29, 1.82) is 0 Å². The average molecular weight is 258 g/mol. The van der Waals surface area contributed by atoms with Crippen LogP contribution in [0.1, 0.15) is 12.8 Å². The van der Waals surface area contributed by atoms with Crippen LogP contribution in [-0.4, -0.2) is 22.9 Å². The van der Waals surface area contributed by atoms with Gasteiger partial charge in [0.25, 0.3) is 0 Å². The molecule has 0 aliphatic rings. The average Bonchev–Trinajstić information content (AvgIpc) is 2.28. The van der Waals surface area contributed by atoms with Gasteiger partial charge in [0.1, 0.15) is 5.82 Å². The molecule has 1 aromatic rings. The van der Waals surface area contributed by atoms with Gasteiger partial charge in [0, 0.05) is 19.2 Å². The quantitative estimate of drug-likeness (QED) is 0.775. The highest BCUT2D eigenvalue weighted by atomic mass is 32.2. The number of hydrogen-bond donors (Lipinski definition) is 2. The highest BCUT2D eigenvalue weighted by molar-refractivity contribution is 7.85. The number of benzene rings is 1. The third-order valence-electron chi connectivity index (χ3n) is 2.23. The normalized spacial score (nSPS) is 12.1. The summed E-state index contributed by atoms with van der Waals surface area (Å²) in [6.45, 7) is 0. The Morgan fingerprint density at radius 3 is 2.82 bits per heavy atom. The number of carbonyl (C=O) groups excluding carboxylic acids is 1. The maximum Gasteiger partial charge on any atom is 0.219 e. The maximum absolute atomic E-state index is 12.8. The Kier molecular flexibility index (Phi) is 5.09. The van der Waals surface area contributed by atoms with E-state index in [0.717, 1.165) is 6.07 Å². The molecule has 0 aromatic heterocycles. The van der Waals surface area contributed by atoms with Gasteiger partial charge in [-0.3, -0.25) is 9.00 Å². The SMILES string of the molecule is CNC(=O)CCCS(=O)c1ccc(F)cc1N. The van der Waals surface area contributed by atoms with Crippen LogP contribution in [-0.2, 0) is 15.6 Å². The lowest BCUT2D eigenvalue weighted by Gasteiger charge is -2.05. The van der Waals surface area contributed by atoms with Crippen LogP contribution in [0.2, 0.25) is 0 Å². The second kappa shape index (κ2) is 6.34. The van der Waals surface area contributed by atoms with Crippen molar-refractivity contribution in [3.63, 3.8) is 0 Å². The number of halogens is 1. The lowest BCUT2D eigenvalue weighted by molar-refractivity contribution is -0.120. The summed E-state index contributed by atoms with van der Waals surface area (Å²) in [6.07, 6.45) is 0.826. The molecule has 17 heavy (non-hydrogen) atoms. The fourth-order valence-corrected chi connectivity index (χ4v) is 2.49. The zero-order valence-electron chi connectivity index (χ0n) is 9.53. The van der Waals surface area contributed by atoms with Gasteiger partial charge in [0.2, 0.25) is 5.91 Å². The van der Waals surface area contributed by atoms with Gasteiger partial charge in [-0.2, -0.15) is 0 Å². The molecule has 1 aromatic carbocycles. The Bertz CT molecular complexity index is 437. The molecule has 6 heteroatoms. The lowest BCUT2D eigenvalue weighted by atomic mass is 10.3. The predicted molar refractivity (Wildman–Crippen MR) is 65.4 cm³/mol. The van der Waals surface area contributed by atoms with Gasteiger partial charge in [-0.25, -0.2) is 4.39 Å². The largest absolute Gasteiger partial charge is 0.398 e. The second-order valence-electron chi connectivity index (χ2n) is 3.51. The van der Waals surface area contributed by atoms with Crippen molar-refractivity contribution in [2.45, 2.75) is 17.7 Å². The predicted octanol–water partition coefficient (Wildman–Crippen LogP) is 1.04. The molecule has 1 atom stereocenters. The lowest BCUT2D eigenvalue weighted by Crippen LogP contribution is -2.18. The summed E-state index contributed by atoms with van der Waals surface area (Å²) >= 11 is 0. The van der Waals surface area contributed by atoms with Gasteiger partial charge in [0.05, 0.1) is 21.4 Å². The Labute approximate surface area is 102 Å². The van der Waals surface area contributed by atoms with Crippen molar-refractivity contribution in [2.24, 2.45) is 0 Å². The summed E-state index contributed by atoms with van der Waals surface area (Å²) < 4.78 is 24.6. The van der Waals surface area contributed by atoms with Crippen molar-refractivity contribution in [3.8, 4) is 0 Å². The highest BCUT2D eigenvalue weighted by Gasteiger charge is 2.09. The topological polar surface area (TPSA) is 72.2 Å². The molecule has 0 fully saturated rings. The van der Waals surface area contributed by atoms with E-state index in [4.69, 9.17) is 5.73 Å². The van der Waals surface area contributed by atoms with E-state index in [0.29, 0.717) is 23.5 Å². The van der Waals surface area contributed by atoms with E-state index < -0.39 is 16.6 Å². The molecule has 0 aliphatic heterocycles. The van der Waals surface area contributed by atoms with Crippen molar-refractivity contribution >= 4 is 22.4 Å². The summed E-state index contributed by atoms with van der Waals surface area (Å²) in [6, 6.07) is 3.79. The van der Waals surface area contributed by atoms with Crippen LogP contribution in [0.3, 0.4) is 0 Å². The molecular formula is C11H15FN2O2S. The molecule has 0 saturated carbocycles. The van der Waals surface area contributed by atoms with E-state index in [2.05, 4.69) is 5.32 Å². The zero-order chi connectivity index (χ0) is 12.8. The summed E-state index contributed by atoms with van der Waals surface area (Å²) in [4.78, 5) is 11.4. The molecule has 4 nitrogen and oxygen atoms in total. The molecule has 3 N–H and O–H groups in total. The monoisotopic (exact) mass is 258 g/mol. The van der Waals surface area contributed by atoms with Gasteiger partial charge >= 0.3 is 0 Å². The summed E-state index contributed by atoms with van der Waals surface area (Å²) in [5.41, 5.74) is 5.75. The van der Waals surface area contributed by atoms with Crippen LogP contribution in [0, 0.1) is 5.82 Å². The minimum Gasteiger partial charge on any atom is -0.398 e. The Morgan fingerprint density at radius 1 is 1.53 bits per heavy atom. The fraction of sp³-hybridized carbons (Fsp3) is 0.364. The van der Waals surface area contributed by atoms with Crippen molar-refractivity contribution in [2.75, 3.05) is 18.5 Å². The molecule has 94 valence electrons. The Balaban J connectivity index is 2.55. The third kappa shape index (κ3) is 4.14. The van der Waals surface area contributed by atoms with E-state index in [9.17, 15) is 13.4 Å². The van der Waals surface area contributed by atoms with E-state index in [1.165, 1.54) is 12.1 Å². The van der Waals surface area contributed by atoms with Gasteiger partial charge in [-0.15, -0.1) is 0 Å². The number of anilines is 1. The first-order valence-corrected chi connectivity index (χ1v) is 6.50. The van der Waals surface area contributed by atoms with Crippen molar-refractivity contribution in [1.82, 2.24) is 5.32 Å². The van der Waals surface area contributed by atoms with E-state index >= 15 is 0 Å². The highest BCUT2D eigenvalue weighted by Crippen LogP contribution is 2.18. The van der Waals surface area contributed by atoms with Crippen LogP contribution in [0.25, 0.3) is 0 Å². The van der Waals surface area contributed by atoms with Crippen LogP contribution >= 0.6 is 0 Å². The number of hydrogen-bond acceptors (Lipinski definition) is 3. The minimum absolute atomic E-state index is 0.0888. The van der Waals surface area contributed by atoms with E-state index in [1.54, 1.807) is 7.05 Å².